The number of benzene rings is 2. The minimum atomic E-state index is -0.230. The molecule has 25 heavy (non-hydrogen) atoms. The van der Waals surface area contributed by atoms with Gasteiger partial charge in [0.1, 0.15) is 11.6 Å². The predicted molar refractivity (Wildman–Crippen MR) is 99.0 cm³/mol. The van der Waals surface area contributed by atoms with Gasteiger partial charge in [-0.1, -0.05) is 42.8 Å². The Morgan fingerprint density at radius 2 is 1.96 bits per heavy atom. The van der Waals surface area contributed by atoms with Crippen LogP contribution in [0.5, 0.6) is 5.75 Å². The molecule has 0 aromatic heterocycles. The van der Waals surface area contributed by atoms with Crippen LogP contribution in [-0.2, 0) is 6.54 Å². The highest BCUT2D eigenvalue weighted by atomic mass is 19.1. The van der Waals surface area contributed by atoms with Gasteiger partial charge in [0.2, 0.25) is 0 Å². The van der Waals surface area contributed by atoms with E-state index in [0.29, 0.717) is 17.8 Å². The van der Waals surface area contributed by atoms with E-state index in [9.17, 15) is 4.39 Å². The molecule has 2 aliphatic rings. The molecule has 2 unspecified atom stereocenters. The molecule has 0 N–H and O–H groups in total. The number of hydrogen-bond donors (Lipinski definition) is 0. The summed E-state index contributed by atoms with van der Waals surface area (Å²) in [5.41, 5.74) is 3.59. The first-order chi connectivity index (χ1) is 12.2. The van der Waals surface area contributed by atoms with Gasteiger partial charge in [0.15, 0.2) is 0 Å². The normalized spacial score (nSPS) is 23.2. The molecule has 2 aliphatic heterocycles. The van der Waals surface area contributed by atoms with Crippen LogP contribution in [0.15, 0.2) is 54.6 Å². The Bertz CT molecular complexity index is 771. The number of fused-ring (bicyclic) bond motifs is 2. The maximum Gasteiger partial charge on any atom is 0.127 e. The Morgan fingerprint density at radius 1 is 1.12 bits per heavy atom. The molecular weight excluding hydrogens is 313 g/mol. The van der Waals surface area contributed by atoms with Crippen LogP contribution in [0.1, 0.15) is 36.8 Å². The van der Waals surface area contributed by atoms with E-state index in [1.54, 1.807) is 13.2 Å². The Kier molecular flexibility index (Phi) is 4.58. The molecule has 2 bridgehead atoms. The van der Waals surface area contributed by atoms with Gasteiger partial charge in [0.25, 0.3) is 0 Å². The SMILES string of the molecule is COc1cc(F)cc(C2=CC3CCCC(C2)N3Cc2ccccc2)c1. The minimum Gasteiger partial charge on any atom is -0.497 e. The van der Waals surface area contributed by atoms with Crippen LogP contribution >= 0.6 is 0 Å². The van der Waals surface area contributed by atoms with Crippen molar-refractivity contribution in [1.29, 1.82) is 0 Å². The molecule has 2 heterocycles. The van der Waals surface area contributed by atoms with E-state index < -0.39 is 0 Å². The molecule has 0 saturated carbocycles. The van der Waals surface area contributed by atoms with Crippen molar-refractivity contribution in [2.45, 2.75) is 44.3 Å². The van der Waals surface area contributed by atoms with Crippen LogP contribution in [0.3, 0.4) is 0 Å². The summed E-state index contributed by atoms with van der Waals surface area (Å²) < 4.78 is 19.1. The van der Waals surface area contributed by atoms with Crippen molar-refractivity contribution in [3.63, 3.8) is 0 Å². The topological polar surface area (TPSA) is 12.5 Å². The molecule has 2 aromatic rings. The third kappa shape index (κ3) is 3.47. The van der Waals surface area contributed by atoms with Crippen LogP contribution < -0.4 is 4.74 Å². The molecule has 1 fully saturated rings. The summed E-state index contributed by atoms with van der Waals surface area (Å²) >= 11 is 0. The van der Waals surface area contributed by atoms with Crippen LogP contribution in [0, 0.1) is 5.82 Å². The number of hydrogen-bond acceptors (Lipinski definition) is 2. The molecule has 0 radical (unpaired) electrons. The number of piperidine rings is 1. The zero-order valence-electron chi connectivity index (χ0n) is 14.6. The van der Waals surface area contributed by atoms with Crippen molar-refractivity contribution in [3.8, 4) is 5.75 Å². The molecule has 130 valence electrons. The van der Waals surface area contributed by atoms with Crippen molar-refractivity contribution in [3.05, 3.63) is 71.6 Å². The maximum atomic E-state index is 13.9. The van der Waals surface area contributed by atoms with Gasteiger partial charge in [-0.15, -0.1) is 0 Å². The second-order valence-electron chi connectivity index (χ2n) is 7.09. The van der Waals surface area contributed by atoms with Gasteiger partial charge >= 0.3 is 0 Å². The molecule has 2 atom stereocenters. The van der Waals surface area contributed by atoms with Crippen molar-refractivity contribution in [2.24, 2.45) is 0 Å². The van der Waals surface area contributed by atoms with Crippen LogP contribution in [-0.4, -0.2) is 24.1 Å². The lowest BCUT2D eigenvalue weighted by atomic mass is 9.82. The molecule has 0 amide bonds. The van der Waals surface area contributed by atoms with Gasteiger partial charge in [-0.05, 0) is 48.1 Å². The third-order valence-electron chi connectivity index (χ3n) is 5.47. The lowest BCUT2D eigenvalue weighted by Crippen LogP contribution is -2.47. The summed E-state index contributed by atoms with van der Waals surface area (Å²) in [4.78, 5) is 2.62. The van der Waals surface area contributed by atoms with E-state index in [2.05, 4.69) is 41.3 Å². The molecule has 3 heteroatoms. The zero-order valence-corrected chi connectivity index (χ0v) is 14.6. The van der Waals surface area contributed by atoms with Gasteiger partial charge in [-0.25, -0.2) is 4.39 Å². The van der Waals surface area contributed by atoms with E-state index in [0.717, 1.165) is 18.5 Å². The highest BCUT2D eigenvalue weighted by Crippen LogP contribution is 2.38. The number of ether oxygens (including phenoxy) is 1. The van der Waals surface area contributed by atoms with Crippen LogP contribution in [0.2, 0.25) is 0 Å². The van der Waals surface area contributed by atoms with Crippen molar-refractivity contribution in [1.82, 2.24) is 4.90 Å². The Hall–Kier alpha value is -2.13. The van der Waals surface area contributed by atoms with Gasteiger partial charge in [-0.3, -0.25) is 4.90 Å². The summed E-state index contributed by atoms with van der Waals surface area (Å²) in [6.07, 6.45) is 7.01. The number of rotatable bonds is 4. The third-order valence-corrected chi connectivity index (χ3v) is 5.47. The van der Waals surface area contributed by atoms with Crippen LogP contribution in [0.4, 0.5) is 4.39 Å². The summed E-state index contributed by atoms with van der Waals surface area (Å²) in [5.74, 6) is 0.361. The van der Waals surface area contributed by atoms with E-state index in [1.165, 1.54) is 36.5 Å². The highest BCUT2D eigenvalue weighted by Gasteiger charge is 2.34. The predicted octanol–water partition coefficient (Wildman–Crippen LogP) is 5.04. The van der Waals surface area contributed by atoms with Gasteiger partial charge in [0, 0.05) is 24.7 Å². The largest absolute Gasteiger partial charge is 0.497 e. The van der Waals surface area contributed by atoms with E-state index in [-0.39, 0.29) is 5.82 Å². The fourth-order valence-corrected chi connectivity index (χ4v) is 4.24. The lowest BCUT2D eigenvalue weighted by molar-refractivity contribution is 0.0951. The first-order valence-electron chi connectivity index (χ1n) is 9.08. The number of nitrogens with zero attached hydrogens (tertiary/aromatic N) is 1. The summed E-state index contributed by atoms with van der Waals surface area (Å²) in [5, 5.41) is 0. The summed E-state index contributed by atoms with van der Waals surface area (Å²) in [6.45, 7) is 0.992. The molecule has 2 aromatic carbocycles. The van der Waals surface area contributed by atoms with E-state index >= 15 is 0 Å². The van der Waals surface area contributed by atoms with E-state index in [4.69, 9.17) is 4.74 Å². The molecular formula is C22H24FNO. The zero-order chi connectivity index (χ0) is 17.2. The molecule has 1 saturated heterocycles. The second-order valence-corrected chi connectivity index (χ2v) is 7.09. The summed E-state index contributed by atoms with van der Waals surface area (Å²) in [7, 11) is 1.59. The monoisotopic (exact) mass is 337 g/mol. The van der Waals surface area contributed by atoms with Gasteiger partial charge in [-0.2, -0.15) is 0 Å². The van der Waals surface area contributed by atoms with Crippen molar-refractivity contribution in [2.75, 3.05) is 7.11 Å². The Labute approximate surface area is 148 Å². The molecule has 2 nitrogen and oxygen atoms in total. The highest BCUT2D eigenvalue weighted by molar-refractivity contribution is 5.69. The molecule has 0 aliphatic carbocycles. The average Bonchev–Trinajstić information content (AvgIpc) is 2.61. The van der Waals surface area contributed by atoms with Crippen molar-refractivity contribution < 1.29 is 9.13 Å². The van der Waals surface area contributed by atoms with Gasteiger partial charge in [0.05, 0.1) is 7.11 Å². The quantitative estimate of drug-likeness (QED) is 0.774. The minimum absolute atomic E-state index is 0.230. The van der Waals surface area contributed by atoms with Crippen LogP contribution in [0.25, 0.3) is 5.57 Å². The van der Waals surface area contributed by atoms with Crippen molar-refractivity contribution >= 4 is 5.57 Å². The fourth-order valence-electron chi connectivity index (χ4n) is 4.24. The number of halogens is 1. The maximum absolute atomic E-state index is 13.9. The molecule has 4 rings (SSSR count). The average molecular weight is 337 g/mol. The molecule has 0 spiro atoms. The smallest absolute Gasteiger partial charge is 0.127 e. The summed E-state index contributed by atoms with van der Waals surface area (Å²) in [6, 6.07) is 16.7. The number of methoxy groups -OCH3 is 1. The first-order valence-corrected chi connectivity index (χ1v) is 9.08. The van der Waals surface area contributed by atoms with Gasteiger partial charge < -0.3 is 4.74 Å². The standard InChI is InChI=1S/C22H24FNO/c1-25-22-13-17(10-19(23)14-22)18-11-20-8-5-9-21(12-18)24(20)15-16-6-3-2-4-7-16/h2-4,6-7,10-11,13-14,20-21H,5,8-9,12,15H2,1H3. The Balaban J connectivity index is 1.62. The lowest BCUT2D eigenvalue weighted by Gasteiger charge is -2.45. The van der Waals surface area contributed by atoms with E-state index in [1.807, 2.05) is 6.07 Å². The fraction of sp³-hybridized carbons (Fsp3) is 0.364. The second kappa shape index (κ2) is 7.01. The first kappa shape index (κ1) is 16.3. The Morgan fingerprint density at radius 3 is 2.72 bits per heavy atom.